The summed E-state index contributed by atoms with van der Waals surface area (Å²) in [5.41, 5.74) is 5.75. The molecule has 0 bridgehead atoms. The third-order valence-corrected chi connectivity index (χ3v) is 1.84. The lowest BCUT2D eigenvalue weighted by atomic mass is 10.1. The summed E-state index contributed by atoms with van der Waals surface area (Å²) in [6.07, 6.45) is 0.292. The highest BCUT2D eigenvalue weighted by atomic mass is 19.1. The van der Waals surface area contributed by atoms with Gasteiger partial charge in [0.05, 0.1) is 7.11 Å². The fourth-order valence-corrected chi connectivity index (χ4v) is 1.26. The van der Waals surface area contributed by atoms with E-state index in [1.807, 2.05) is 0 Å². The number of halogens is 2. The van der Waals surface area contributed by atoms with Crippen molar-refractivity contribution >= 4 is 0 Å². The van der Waals surface area contributed by atoms with E-state index in [2.05, 4.69) is 0 Å². The van der Waals surface area contributed by atoms with E-state index < -0.39 is 11.6 Å². The van der Waals surface area contributed by atoms with Gasteiger partial charge in [-0.05, 0) is 25.0 Å². The summed E-state index contributed by atoms with van der Waals surface area (Å²) in [5.74, 6) is -1.13. The molecule has 0 saturated heterocycles. The Morgan fingerprint density at radius 1 is 1.43 bits per heavy atom. The number of hydrogen-bond donors (Lipinski definition) is 1. The third kappa shape index (κ3) is 2.42. The zero-order chi connectivity index (χ0) is 10.7. The standard InChI is InChI=1S/C10H13F2NO/c1-6(13)3-7-4-8(11)5-9(14-2)10(7)12/h4-6H,3,13H2,1-2H3. The molecule has 0 aliphatic rings. The van der Waals surface area contributed by atoms with E-state index in [9.17, 15) is 8.78 Å². The Balaban J connectivity index is 3.08. The summed E-state index contributed by atoms with van der Waals surface area (Å²) in [4.78, 5) is 0. The first-order valence-electron chi connectivity index (χ1n) is 4.32. The molecule has 0 fully saturated rings. The van der Waals surface area contributed by atoms with Gasteiger partial charge in [0.2, 0.25) is 0 Å². The van der Waals surface area contributed by atoms with Crippen molar-refractivity contribution < 1.29 is 13.5 Å². The Hall–Kier alpha value is -1.16. The number of methoxy groups -OCH3 is 1. The second-order valence-corrected chi connectivity index (χ2v) is 3.26. The normalized spacial score (nSPS) is 12.6. The average molecular weight is 201 g/mol. The number of benzene rings is 1. The molecule has 1 aromatic rings. The average Bonchev–Trinajstić information content (AvgIpc) is 2.09. The molecule has 0 radical (unpaired) electrons. The fourth-order valence-electron chi connectivity index (χ4n) is 1.26. The van der Waals surface area contributed by atoms with Gasteiger partial charge in [0.25, 0.3) is 0 Å². The first kappa shape index (κ1) is 10.9. The van der Waals surface area contributed by atoms with Crippen molar-refractivity contribution in [1.82, 2.24) is 0 Å². The molecular formula is C10H13F2NO. The molecule has 0 saturated carbocycles. The van der Waals surface area contributed by atoms with Crippen molar-refractivity contribution in [2.75, 3.05) is 7.11 Å². The molecule has 0 aliphatic heterocycles. The lowest BCUT2D eigenvalue weighted by Crippen LogP contribution is -2.18. The second-order valence-electron chi connectivity index (χ2n) is 3.26. The van der Waals surface area contributed by atoms with Crippen LogP contribution in [0.2, 0.25) is 0 Å². The van der Waals surface area contributed by atoms with E-state index in [4.69, 9.17) is 10.5 Å². The van der Waals surface area contributed by atoms with E-state index in [1.54, 1.807) is 6.92 Å². The minimum atomic E-state index is -0.536. The van der Waals surface area contributed by atoms with E-state index in [1.165, 1.54) is 7.11 Å². The Bertz CT molecular complexity index is 326. The summed E-state index contributed by atoms with van der Waals surface area (Å²) in [6, 6.07) is 1.94. The van der Waals surface area contributed by atoms with Gasteiger partial charge in [-0.15, -0.1) is 0 Å². The Morgan fingerprint density at radius 2 is 2.07 bits per heavy atom. The number of hydrogen-bond acceptors (Lipinski definition) is 2. The molecule has 1 rings (SSSR count). The van der Waals surface area contributed by atoms with E-state index >= 15 is 0 Å². The first-order valence-corrected chi connectivity index (χ1v) is 4.32. The van der Waals surface area contributed by atoms with Gasteiger partial charge in [0, 0.05) is 12.1 Å². The molecule has 2 nitrogen and oxygen atoms in total. The molecule has 1 unspecified atom stereocenters. The van der Waals surface area contributed by atoms with E-state index in [0.717, 1.165) is 12.1 Å². The van der Waals surface area contributed by atoms with Gasteiger partial charge >= 0.3 is 0 Å². The number of nitrogens with two attached hydrogens (primary N) is 1. The van der Waals surface area contributed by atoms with E-state index in [-0.39, 0.29) is 17.4 Å². The van der Waals surface area contributed by atoms with Crippen LogP contribution in [0, 0.1) is 11.6 Å². The van der Waals surface area contributed by atoms with Gasteiger partial charge in [-0.3, -0.25) is 0 Å². The van der Waals surface area contributed by atoms with Crippen molar-refractivity contribution in [1.29, 1.82) is 0 Å². The predicted molar refractivity (Wildman–Crippen MR) is 50.3 cm³/mol. The maximum Gasteiger partial charge on any atom is 0.168 e. The van der Waals surface area contributed by atoms with Crippen molar-refractivity contribution in [3.63, 3.8) is 0 Å². The first-order chi connectivity index (χ1) is 6.54. The molecule has 4 heteroatoms. The topological polar surface area (TPSA) is 35.2 Å². The molecule has 1 aromatic carbocycles. The molecule has 0 aromatic heterocycles. The van der Waals surface area contributed by atoms with Crippen LogP contribution in [-0.2, 0) is 6.42 Å². The van der Waals surface area contributed by atoms with Crippen LogP contribution in [0.15, 0.2) is 12.1 Å². The van der Waals surface area contributed by atoms with Gasteiger partial charge in [0.1, 0.15) is 5.82 Å². The maximum atomic E-state index is 13.5. The maximum absolute atomic E-state index is 13.5. The van der Waals surface area contributed by atoms with Crippen molar-refractivity contribution in [2.45, 2.75) is 19.4 Å². The Morgan fingerprint density at radius 3 is 2.57 bits per heavy atom. The van der Waals surface area contributed by atoms with Gasteiger partial charge < -0.3 is 10.5 Å². The van der Waals surface area contributed by atoms with Crippen LogP contribution in [0.3, 0.4) is 0 Å². The minimum absolute atomic E-state index is 0.0827. The van der Waals surface area contributed by atoms with Crippen LogP contribution in [0.1, 0.15) is 12.5 Å². The molecule has 78 valence electrons. The van der Waals surface area contributed by atoms with E-state index in [0.29, 0.717) is 6.42 Å². The smallest absolute Gasteiger partial charge is 0.168 e. The highest BCUT2D eigenvalue weighted by Gasteiger charge is 2.12. The highest BCUT2D eigenvalue weighted by molar-refractivity contribution is 5.32. The summed E-state index contributed by atoms with van der Waals surface area (Å²) in [5, 5.41) is 0. The molecule has 2 N–H and O–H groups in total. The van der Waals surface area contributed by atoms with Gasteiger partial charge in [-0.25, -0.2) is 8.78 Å². The lowest BCUT2D eigenvalue weighted by molar-refractivity contribution is 0.379. The molecule has 14 heavy (non-hydrogen) atoms. The van der Waals surface area contributed by atoms with Crippen molar-refractivity contribution in [2.24, 2.45) is 5.73 Å². The second kappa shape index (κ2) is 4.37. The molecule has 0 aliphatic carbocycles. The number of ether oxygens (including phenoxy) is 1. The molecular weight excluding hydrogens is 188 g/mol. The monoisotopic (exact) mass is 201 g/mol. The summed E-state index contributed by atoms with van der Waals surface area (Å²) < 4.78 is 31.1. The van der Waals surface area contributed by atoms with Crippen LogP contribution < -0.4 is 10.5 Å². The van der Waals surface area contributed by atoms with Gasteiger partial charge in [0.15, 0.2) is 11.6 Å². The summed E-state index contributed by atoms with van der Waals surface area (Å²) in [6.45, 7) is 1.73. The summed E-state index contributed by atoms with van der Waals surface area (Å²) >= 11 is 0. The van der Waals surface area contributed by atoms with Gasteiger partial charge in [-0.1, -0.05) is 0 Å². The Labute approximate surface area is 81.7 Å². The largest absolute Gasteiger partial charge is 0.494 e. The zero-order valence-electron chi connectivity index (χ0n) is 8.18. The fraction of sp³-hybridized carbons (Fsp3) is 0.400. The molecule has 0 amide bonds. The lowest BCUT2D eigenvalue weighted by Gasteiger charge is -2.09. The van der Waals surface area contributed by atoms with Crippen LogP contribution in [-0.4, -0.2) is 13.2 Å². The van der Waals surface area contributed by atoms with Gasteiger partial charge in [-0.2, -0.15) is 0 Å². The van der Waals surface area contributed by atoms with Crippen LogP contribution >= 0.6 is 0 Å². The minimum Gasteiger partial charge on any atom is -0.494 e. The van der Waals surface area contributed by atoms with Crippen molar-refractivity contribution in [3.05, 3.63) is 29.3 Å². The van der Waals surface area contributed by atoms with Crippen molar-refractivity contribution in [3.8, 4) is 5.75 Å². The Kier molecular flexibility index (Phi) is 3.41. The number of rotatable bonds is 3. The molecule has 0 heterocycles. The quantitative estimate of drug-likeness (QED) is 0.810. The van der Waals surface area contributed by atoms with Crippen LogP contribution in [0.4, 0.5) is 8.78 Å². The zero-order valence-corrected chi connectivity index (χ0v) is 8.18. The summed E-state index contributed by atoms with van der Waals surface area (Å²) in [7, 11) is 1.30. The molecule has 0 spiro atoms. The highest BCUT2D eigenvalue weighted by Crippen LogP contribution is 2.22. The van der Waals surface area contributed by atoms with Crippen LogP contribution in [0.5, 0.6) is 5.75 Å². The SMILES string of the molecule is COc1cc(F)cc(CC(C)N)c1F. The van der Waals surface area contributed by atoms with Crippen LogP contribution in [0.25, 0.3) is 0 Å². The molecule has 1 atom stereocenters. The third-order valence-electron chi connectivity index (χ3n) is 1.84. The predicted octanol–water partition coefficient (Wildman–Crippen LogP) is 1.86.